The molecule has 0 aromatic carbocycles. The van der Waals surface area contributed by atoms with Crippen LogP contribution in [-0.2, 0) is 9.59 Å². The van der Waals surface area contributed by atoms with Gasteiger partial charge in [0.15, 0.2) is 0 Å². The van der Waals surface area contributed by atoms with E-state index < -0.39 is 17.3 Å². The highest BCUT2D eigenvalue weighted by atomic mass is 16.4. The van der Waals surface area contributed by atoms with Gasteiger partial charge in [0.25, 0.3) is 0 Å². The van der Waals surface area contributed by atoms with Crippen molar-refractivity contribution in [3.8, 4) is 0 Å². The third-order valence-corrected chi connectivity index (χ3v) is 1.75. The van der Waals surface area contributed by atoms with Crippen LogP contribution in [-0.4, -0.2) is 16.9 Å². The van der Waals surface area contributed by atoms with E-state index >= 15 is 0 Å². The maximum atomic E-state index is 11.3. The quantitative estimate of drug-likeness (QED) is 0.739. The summed E-state index contributed by atoms with van der Waals surface area (Å²) in [4.78, 5) is 21.7. The highest BCUT2D eigenvalue weighted by molar-refractivity contribution is 5.87. The Bertz CT molecular complexity index is 189. The predicted octanol–water partition coefficient (Wildman–Crippen LogP) is 2.35. The van der Waals surface area contributed by atoms with Crippen LogP contribution in [0.15, 0.2) is 0 Å². The molecule has 3 nitrogen and oxygen atoms in total. The summed E-state index contributed by atoms with van der Waals surface area (Å²) < 4.78 is 0. The molecule has 0 bridgehead atoms. The molecule has 0 unspecified atom stereocenters. The minimum absolute atomic E-state index is 0. The van der Waals surface area contributed by atoms with Gasteiger partial charge in [-0.3, -0.25) is 9.59 Å². The van der Waals surface area contributed by atoms with Crippen LogP contribution < -0.4 is 0 Å². The molecule has 1 N–H and O–H groups in total. The molecule has 0 fully saturated rings. The van der Waals surface area contributed by atoms with Gasteiger partial charge in [-0.2, -0.15) is 0 Å². The van der Waals surface area contributed by atoms with Gasteiger partial charge in [-0.1, -0.05) is 35.1 Å². The van der Waals surface area contributed by atoms with Gasteiger partial charge in [0.05, 0.1) is 5.92 Å². The van der Waals surface area contributed by atoms with Crippen molar-refractivity contribution in [1.82, 2.24) is 0 Å². The van der Waals surface area contributed by atoms with Gasteiger partial charge in [-0.25, -0.2) is 0 Å². The first-order valence-electron chi connectivity index (χ1n) is 4.01. The van der Waals surface area contributed by atoms with Crippen molar-refractivity contribution in [1.29, 1.82) is 0 Å². The molecule has 78 valence electrons. The standard InChI is InChI=1S/C9H16O3.CH4/c1-6(8(11)12)5-7(10)9(2,3)4;/h6H,5H2,1-4H3,(H,11,12);1H4/t6-;/m0./s1. The Morgan fingerprint density at radius 2 is 1.69 bits per heavy atom. The SMILES string of the molecule is C.C[C@@H](CC(=O)C(C)(C)C)C(=O)O. The van der Waals surface area contributed by atoms with Crippen LogP contribution in [0.1, 0.15) is 41.5 Å². The molecule has 0 saturated carbocycles. The number of Topliss-reactive ketones (excluding diaryl/α,β-unsaturated/α-hetero) is 1. The molecule has 0 amide bonds. The van der Waals surface area contributed by atoms with Crippen molar-refractivity contribution in [2.75, 3.05) is 0 Å². The van der Waals surface area contributed by atoms with E-state index in [1.54, 1.807) is 27.7 Å². The lowest BCUT2D eigenvalue weighted by Crippen LogP contribution is -2.24. The molecule has 0 aromatic rings. The van der Waals surface area contributed by atoms with E-state index in [9.17, 15) is 9.59 Å². The highest BCUT2D eigenvalue weighted by Gasteiger charge is 2.25. The van der Waals surface area contributed by atoms with Gasteiger partial charge in [0.2, 0.25) is 0 Å². The molecule has 0 aliphatic heterocycles. The molecule has 0 rings (SSSR count). The van der Waals surface area contributed by atoms with Gasteiger partial charge in [0, 0.05) is 11.8 Å². The average molecular weight is 188 g/mol. The molecule has 3 heteroatoms. The summed E-state index contributed by atoms with van der Waals surface area (Å²) >= 11 is 0. The topological polar surface area (TPSA) is 54.4 Å². The van der Waals surface area contributed by atoms with Crippen molar-refractivity contribution < 1.29 is 14.7 Å². The van der Waals surface area contributed by atoms with Crippen molar-refractivity contribution in [2.24, 2.45) is 11.3 Å². The maximum absolute atomic E-state index is 11.3. The second-order valence-electron chi connectivity index (χ2n) is 4.12. The van der Waals surface area contributed by atoms with Crippen LogP contribution >= 0.6 is 0 Å². The zero-order valence-corrected chi connectivity index (χ0v) is 8.05. The molecule has 1 atom stereocenters. The largest absolute Gasteiger partial charge is 0.481 e. The lowest BCUT2D eigenvalue weighted by molar-refractivity contribution is -0.144. The van der Waals surface area contributed by atoms with Crippen molar-refractivity contribution in [2.45, 2.75) is 41.5 Å². The molecular formula is C10H20O3. The predicted molar refractivity (Wildman–Crippen MR) is 52.6 cm³/mol. The Balaban J connectivity index is 0. The molecule has 0 aromatic heterocycles. The van der Waals surface area contributed by atoms with E-state index in [0.717, 1.165) is 0 Å². The van der Waals surface area contributed by atoms with E-state index in [0.29, 0.717) is 0 Å². The molecule has 0 aliphatic rings. The Hall–Kier alpha value is -0.860. The Morgan fingerprint density at radius 1 is 1.31 bits per heavy atom. The summed E-state index contributed by atoms with van der Waals surface area (Å²) in [7, 11) is 0. The van der Waals surface area contributed by atoms with Gasteiger partial charge < -0.3 is 5.11 Å². The molecule has 13 heavy (non-hydrogen) atoms. The fourth-order valence-corrected chi connectivity index (χ4v) is 0.672. The summed E-state index contributed by atoms with van der Waals surface area (Å²) in [6, 6.07) is 0. The summed E-state index contributed by atoms with van der Waals surface area (Å²) in [6.45, 7) is 6.93. The Labute approximate surface area is 80.1 Å². The van der Waals surface area contributed by atoms with Crippen LogP contribution in [0, 0.1) is 11.3 Å². The number of carbonyl (C=O) groups is 2. The Kier molecular flexibility index (Phi) is 5.63. The first-order chi connectivity index (χ1) is 5.25. The Morgan fingerprint density at radius 3 is 1.92 bits per heavy atom. The maximum Gasteiger partial charge on any atom is 0.306 e. The molecule has 0 spiro atoms. The number of carboxylic acid groups (broad SMARTS) is 1. The minimum Gasteiger partial charge on any atom is -0.481 e. The first kappa shape index (κ1) is 14.7. The third kappa shape index (κ3) is 5.39. The molecule has 0 heterocycles. The zero-order valence-electron chi connectivity index (χ0n) is 8.05. The lowest BCUT2D eigenvalue weighted by atomic mass is 9.86. The highest BCUT2D eigenvalue weighted by Crippen LogP contribution is 2.19. The average Bonchev–Trinajstić information content (AvgIpc) is 1.85. The molecular weight excluding hydrogens is 168 g/mol. The van der Waals surface area contributed by atoms with Crippen LogP contribution in [0.3, 0.4) is 0 Å². The smallest absolute Gasteiger partial charge is 0.306 e. The molecule has 0 saturated heterocycles. The monoisotopic (exact) mass is 188 g/mol. The molecule has 0 aliphatic carbocycles. The molecule has 0 radical (unpaired) electrons. The first-order valence-corrected chi connectivity index (χ1v) is 4.01. The fourth-order valence-electron chi connectivity index (χ4n) is 0.672. The lowest BCUT2D eigenvalue weighted by Gasteiger charge is -2.17. The van der Waals surface area contributed by atoms with Crippen LogP contribution in [0.5, 0.6) is 0 Å². The summed E-state index contributed by atoms with van der Waals surface area (Å²) in [6.07, 6.45) is 0.124. The van der Waals surface area contributed by atoms with E-state index in [1.807, 2.05) is 0 Å². The summed E-state index contributed by atoms with van der Waals surface area (Å²) in [5.74, 6) is -1.48. The van der Waals surface area contributed by atoms with Crippen molar-refractivity contribution >= 4 is 11.8 Å². The van der Waals surface area contributed by atoms with E-state index in [1.165, 1.54) is 0 Å². The number of carbonyl (C=O) groups excluding carboxylic acids is 1. The van der Waals surface area contributed by atoms with Gasteiger partial charge in [0.1, 0.15) is 5.78 Å². The fraction of sp³-hybridized carbons (Fsp3) is 0.800. The number of carboxylic acids is 1. The number of hydrogen-bond donors (Lipinski definition) is 1. The van der Waals surface area contributed by atoms with E-state index in [4.69, 9.17) is 5.11 Å². The number of aliphatic carboxylic acids is 1. The minimum atomic E-state index is -0.910. The van der Waals surface area contributed by atoms with Crippen molar-refractivity contribution in [3.63, 3.8) is 0 Å². The number of hydrogen-bond acceptors (Lipinski definition) is 2. The number of ketones is 1. The van der Waals surface area contributed by atoms with Crippen LogP contribution in [0.2, 0.25) is 0 Å². The normalized spacial score (nSPS) is 12.9. The number of rotatable bonds is 3. The van der Waals surface area contributed by atoms with Crippen LogP contribution in [0.4, 0.5) is 0 Å². The van der Waals surface area contributed by atoms with Gasteiger partial charge in [-0.15, -0.1) is 0 Å². The van der Waals surface area contributed by atoms with Crippen LogP contribution in [0.25, 0.3) is 0 Å². The summed E-state index contributed by atoms with van der Waals surface area (Å²) in [5.41, 5.74) is -0.427. The van der Waals surface area contributed by atoms with Gasteiger partial charge >= 0.3 is 5.97 Å². The van der Waals surface area contributed by atoms with E-state index in [-0.39, 0.29) is 19.6 Å². The van der Waals surface area contributed by atoms with E-state index in [2.05, 4.69) is 0 Å². The second-order valence-corrected chi connectivity index (χ2v) is 4.12. The third-order valence-electron chi connectivity index (χ3n) is 1.75. The van der Waals surface area contributed by atoms with Crippen molar-refractivity contribution in [3.05, 3.63) is 0 Å². The second kappa shape index (κ2) is 5.00. The zero-order chi connectivity index (χ0) is 9.94. The summed E-state index contributed by atoms with van der Waals surface area (Å²) in [5, 5.41) is 8.54. The van der Waals surface area contributed by atoms with Gasteiger partial charge in [-0.05, 0) is 0 Å².